The number of fused-ring (bicyclic) bond motifs is 2. The van der Waals surface area contributed by atoms with Gasteiger partial charge in [0.15, 0.2) is 5.84 Å². The van der Waals surface area contributed by atoms with Gasteiger partial charge in [0.1, 0.15) is 0 Å². The van der Waals surface area contributed by atoms with E-state index in [1.807, 2.05) is 0 Å². The number of rotatable bonds is 2. The van der Waals surface area contributed by atoms with Crippen molar-refractivity contribution in [2.45, 2.75) is 19.4 Å². The molecule has 0 aromatic heterocycles. The Morgan fingerprint density at radius 2 is 1.42 bits per heavy atom. The van der Waals surface area contributed by atoms with Crippen molar-refractivity contribution in [3.8, 4) is 0 Å². The van der Waals surface area contributed by atoms with Gasteiger partial charge in [-0.2, -0.15) is 0 Å². The Labute approximate surface area is 154 Å². The second-order valence-corrected chi connectivity index (χ2v) is 6.84. The summed E-state index contributed by atoms with van der Waals surface area (Å²) in [6.07, 6.45) is 2.31. The second kappa shape index (κ2) is 6.34. The fraction of sp³-hybridized carbons (Fsp3) is 0.174. The van der Waals surface area contributed by atoms with Crippen molar-refractivity contribution >= 4 is 17.2 Å². The third kappa shape index (κ3) is 2.57. The lowest BCUT2D eigenvalue weighted by atomic mass is 10.0. The Kier molecular flexibility index (Phi) is 3.71. The molecule has 0 N–H and O–H groups in total. The molecule has 2 aliphatic heterocycles. The maximum absolute atomic E-state index is 5.05. The molecule has 0 radical (unpaired) electrons. The van der Waals surface area contributed by atoms with Crippen molar-refractivity contribution in [2.24, 2.45) is 4.99 Å². The van der Waals surface area contributed by atoms with E-state index in [9.17, 15) is 0 Å². The number of para-hydroxylation sites is 2. The van der Waals surface area contributed by atoms with Crippen LogP contribution in [0.4, 0.5) is 11.4 Å². The van der Waals surface area contributed by atoms with E-state index >= 15 is 0 Å². The zero-order chi connectivity index (χ0) is 17.3. The van der Waals surface area contributed by atoms with Crippen LogP contribution in [0.25, 0.3) is 0 Å². The van der Waals surface area contributed by atoms with E-state index in [1.165, 1.54) is 16.8 Å². The van der Waals surface area contributed by atoms with Gasteiger partial charge in [0.25, 0.3) is 0 Å². The molecule has 3 heteroatoms. The highest BCUT2D eigenvalue weighted by Gasteiger charge is 2.29. The SMILES string of the molecule is c1ccc(C2=Nc3ccccc3CN2N2CCCc3ccccc32)cc1. The van der Waals surface area contributed by atoms with Gasteiger partial charge in [-0.25, -0.2) is 4.99 Å². The first-order valence-corrected chi connectivity index (χ1v) is 9.25. The maximum Gasteiger partial charge on any atom is 0.155 e. The molecule has 0 amide bonds. The van der Waals surface area contributed by atoms with E-state index < -0.39 is 0 Å². The highest BCUT2D eigenvalue weighted by Crippen LogP contribution is 2.34. The molecule has 3 aromatic rings. The van der Waals surface area contributed by atoms with E-state index in [1.54, 1.807) is 0 Å². The molecular weight excluding hydrogens is 318 g/mol. The minimum Gasteiger partial charge on any atom is -0.283 e. The normalized spacial score (nSPS) is 15.9. The monoisotopic (exact) mass is 339 g/mol. The Morgan fingerprint density at radius 1 is 0.692 bits per heavy atom. The van der Waals surface area contributed by atoms with Crippen LogP contribution in [0, 0.1) is 0 Å². The van der Waals surface area contributed by atoms with Crippen LogP contribution >= 0.6 is 0 Å². The number of amidine groups is 1. The number of hydrogen-bond acceptors (Lipinski definition) is 3. The summed E-state index contributed by atoms with van der Waals surface area (Å²) in [4.78, 5) is 5.05. The molecule has 2 heterocycles. The van der Waals surface area contributed by atoms with Crippen molar-refractivity contribution in [3.63, 3.8) is 0 Å². The van der Waals surface area contributed by atoms with Crippen molar-refractivity contribution < 1.29 is 0 Å². The number of aryl methyl sites for hydroxylation is 1. The van der Waals surface area contributed by atoms with Crippen molar-refractivity contribution in [2.75, 3.05) is 11.6 Å². The van der Waals surface area contributed by atoms with E-state index in [2.05, 4.69) is 88.9 Å². The molecule has 0 unspecified atom stereocenters. The Bertz CT molecular complexity index is 962. The lowest BCUT2D eigenvalue weighted by Crippen LogP contribution is -2.49. The lowest BCUT2D eigenvalue weighted by Gasteiger charge is -2.43. The zero-order valence-electron chi connectivity index (χ0n) is 14.7. The molecule has 128 valence electrons. The van der Waals surface area contributed by atoms with Crippen LogP contribution in [0.5, 0.6) is 0 Å². The summed E-state index contributed by atoms with van der Waals surface area (Å²) in [5, 5.41) is 4.77. The quantitative estimate of drug-likeness (QED) is 0.658. The topological polar surface area (TPSA) is 18.8 Å². The smallest absolute Gasteiger partial charge is 0.155 e. The van der Waals surface area contributed by atoms with E-state index in [0.717, 1.165) is 43.0 Å². The molecule has 26 heavy (non-hydrogen) atoms. The van der Waals surface area contributed by atoms with Crippen LogP contribution in [0.15, 0.2) is 83.9 Å². The molecule has 0 bridgehead atoms. The second-order valence-electron chi connectivity index (χ2n) is 6.84. The average Bonchev–Trinajstić information content (AvgIpc) is 2.73. The number of hydrazine groups is 1. The van der Waals surface area contributed by atoms with Gasteiger partial charge in [-0.15, -0.1) is 0 Å². The van der Waals surface area contributed by atoms with Gasteiger partial charge in [0, 0.05) is 12.1 Å². The van der Waals surface area contributed by atoms with Gasteiger partial charge in [0.05, 0.1) is 17.9 Å². The molecule has 5 rings (SSSR count). The van der Waals surface area contributed by atoms with Crippen molar-refractivity contribution in [1.82, 2.24) is 5.01 Å². The first-order chi connectivity index (χ1) is 12.9. The third-order valence-corrected chi connectivity index (χ3v) is 5.19. The maximum atomic E-state index is 5.05. The average molecular weight is 339 g/mol. The Balaban J connectivity index is 1.64. The van der Waals surface area contributed by atoms with E-state index in [0.29, 0.717) is 0 Å². The largest absolute Gasteiger partial charge is 0.283 e. The molecular formula is C23H21N3. The summed E-state index contributed by atoms with van der Waals surface area (Å²) in [5.41, 5.74) is 6.24. The summed E-state index contributed by atoms with van der Waals surface area (Å²) >= 11 is 0. The predicted octanol–water partition coefficient (Wildman–Crippen LogP) is 4.95. The zero-order valence-corrected chi connectivity index (χ0v) is 14.7. The summed E-state index contributed by atoms with van der Waals surface area (Å²) in [5.74, 6) is 1.03. The predicted molar refractivity (Wildman–Crippen MR) is 107 cm³/mol. The van der Waals surface area contributed by atoms with Crippen LogP contribution in [0.3, 0.4) is 0 Å². The first-order valence-electron chi connectivity index (χ1n) is 9.25. The summed E-state index contributed by atoms with van der Waals surface area (Å²) < 4.78 is 0. The standard InChI is InChI=1S/C23H21N3/c1-2-10-19(11-3-1)23-24-21-14-6-4-12-20(21)17-26(23)25-16-8-13-18-9-5-7-15-22(18)25/h1-7,9-12,14-15H,8,13,16-17H2. The minimum absolute atomic E-state index is 0.845. The summed E-state index contributed by atoms with van der Waals surface area (Å²) in [6.45, 7) is 1.86. The van der Waals surface area contributed by atoms with Crippen LogP contribution in [-0.2, 0) is 13.0 Å². The molecule has 3 nitrogen and oxygen atoms in total. The fourth-order valence-electron chi connectivity index (χ4n) is 3.93. The van der Waals surface area contributed by atoms with Gasteiger partial charge in [-0.3, -0.25) is 10.0 Å². The van der Waals surface area contributed by atoms with E-state index in [4.69, 9.17) is 4.99 Å². The molecule has 3 aromatic carbocycles. The Morgan fingerprint density at radius 3 is 2.31 bits per heavy atom. The summed E-state index contributed by atoms with van der Waals surface area (Å²) in [6, 6.07) is 27.7. The molecule has 0 aliphatic carbocycles. The molecule has 0 saturated carbocycles. The highest BCUT2D eigenvalue weighted by molar-refractivity contribution is 6.02. The molecule has 0 saturated heterocycles. The molecule has 2 aliphatic rings. The van der Waals surface area contributed by atoms with Crippen LogP contribution in [0.2, 0.25) is 0 Å². The van der Waals surface area contributed by atoms with E-state index in [-0.39, 0.29) is 0 Å². The minimum atomic E-state index is 0.845. The number of benzene rings is 3. The van der Waals surface area contributed by atoms with Crippen LogP contribution in [0.1, 0.15) is 23.1 Å². The lowest BCUT2D eigenvalue weighted by molar-refractivity contribution is 0.360. The van der Waals surface area contributed by atoms with Gasteiger partial charge >= 0.3 is 0 Å². The number of anilines is 1. The molecule has 0 spiro atoms. The fourth-order valence-corrected chi connectivity index (χ4v) is 3.93. The highest BCUT2D eigenvalue weighted by atomic mass is 15.6. The van der Waals surface area contributed by atoms with Gasteiger partial charge in [0.2, 0.25) is 0 Å². The Hall–Kier alpha value is -3.07. The van der Waals surface area contributed by atoms with Crippen LogP contribution < -0.4 is 5.01 Å². The number of aliphatic imine (C=N–C) groups is 1. The number of hydrogen-bond donors (Lipinski definition) is 0. The number of nitrogens with zero attached hydrogens (tertiary/aromatic N) is 3. The van der Waals surface area contributed by atoms with Gasteiger partial charge in [-0.05, 0) is 36.1 Å². The summed E-state index contributed by atoms with van der Waals surface area (Å²) in [7, 11) is 0. The van der Waals surface area contributed by atoms with Gasteiger partial charge in [-0.1, -0.05) is 66.7 Å². The molecule has 0 atom stereocenters. The van der Waals surface area contributed by atoms with Crippen molar-refractivity contribution in [3.05, 3.63) is 95.6 Å². The molecule has 0 fully saturated rings. The van der Waals surface area contributed by atoms with Crippen molar-refractivity contribution in [1.29, 1.82) is 0 Å². The third-order valence-electron chi connectivity index (χ3n) is 5.19. The van der Waals surface area contributed by atoms with Gasteiger partial charge < -0.3 is 0 Å². The first kappa shape index (κ1) is 15.2. The van der Waals surface area contributed by atoms with Crippen LogP contribution in [-0.4, -0.2) is 17.4 Å².